The van der Waals surface area contributed by atoms with Crippen LogP contribution in [0.5, 0.6) is 0 Å². The van der Waals surface area contributed by atoms with E-state index in [1.807, 2.05) is 96.1 Å². The number of anilines is 6. The Balaban J connectivity index is 0.000000131. The Kier molecular flexibility index (Phi) is 25.7. The van der Waals surface area contributed by atoms with Crippen LogP contribution in [0.2, 0.25) is 0 Å². The number of nitrogens with one attached hydrogen (secondary N) is 3. The number of hydrogen-bond donors (Lipinski definition) is 3. The van der Waals surface area contributed by atoms with E-state index < -0.39 is 0 Å². The Bertz CT molecular complexity index is 4790. The third-order valence-corrected chi connectivity index (χ3v) is 25.6. The summed E-state index contributed by atoms with van der Waals surface area (Å²) < 4.78 is 52.5. The molecule has 0 spiro atoms. The van der Waals surface area contributed by atoms with Crippen LogP contribution in [-0.4, -0.2) is 207 Å². The highest BCUT2D eigenvalue weighted by atomic mass is 32.2. The van der Waals surface area contributed by atoms with E-state index >= 15 is 0 Å². The summed E-state index contributed by atoms with van der Waals surface area (Å²) in [5.74, 6) is 3.43. The molecular formula is C90H99N9O15S3. The second kappa shape index (κ2) is 36.9. The van der Waals surface area contributed by atoms with E-state index in [0.29, 0.717) is 133 Å². The number of rotatable bonds is 15. The molecule has 6 atom stereocenters. The van der Waals surface area contributed by atoms with Gasteiger partial charge in [0, 0.05) is 178 Å². The van der Waals surface area contributed by atoms with Crippen LogP contribution in [0.4, 0.5) is 34.7 Å². The number of morpholine rings is 6. The number of ether oxygens (including phenoxy) is 6. The quantitative estimate of drug-likeness (QED) is 0.0862. The first-order valence-electron chi connectivity index (χ1n) is 40.5. The predicted octanol–water partition coefficient (Wildman–Crippen LogP) is 12.7. The first-order valence-corrected chi connectivity index (χ1v) is 42.9. The van der Waals surface area contributed by atoms with Crippen molar-refractivity contribution in [3.8, 4) is 34.0 Å². The molecule has 12 heterocycles. The van der Waals surface area contributed by atoms with Gasteiger partial charge < -0.3 is 72.3 Å². The Morgan fingerprint density at radius 2 is 0.607 bits per heavy atom. The highest BCUT2D eigenvalue weighted by Gasteiger charge is 2.32. The lowest BCUT2D eigenvalue weighted by molar-refractivity contribution is -0.122. The van der Waals surface area contributed by atoms with E-state index in [-0.39, 0.29) is 70.6 Å². The van der Waals surface area contributed by atoms with Gasteiger partial charge in [-0.3, -0.25) is 43.5 Å². The van der Waals surface area contributed by atoms with E-state index in [9.17, 15) is 28.8 Å². The molecule has 9 aliphatic heterocycles. The third kappa shape index (κ3) is 20.3. The van der Waals surface area contributed by atoms with Gasteiger partial charge in [0.1, 0.15) is 17.3 Å². The maximum atomic E-state index is 12.8. The van der Waals surface area contributed by atoms with E-state index in [0.717, 1.165) is 122 Å². The average Bonchev–Trinajstić information content (AvgIpc) is 0.781. The summed E-state index contributed by atoms with van der Waals surface area (Å²) in [7, 11) is 0. The van der Waals surface area contributed by atoms with Gasteiger partial charge >= 0.3 is 0 Å². The van der Waals surface area contributed by atoms with Gasteiger partial charge in [-0.25, -0.2) is 0 Å². The molecule has 24 nitrogen and oxygen atoms in total. The zero-order valence-electron chi connectivity index (χ0n) is 66.8. The van der Waals surface area contributed by atoms with Gasteiger partial charge in [0.15, 0.2) is 33.9 Å². The molecular weight excluding hydrogens is 1540 g/mol. The molecule has 117 heavy (non-hydrogen) atoms. The summed E-state index contributed by atoms with van der Waals surface area (Å²) in [4.78, 5) is 95.5. The standard InChI is InChI=1S/3C30H33N3O5S/c3*1-19-16-32(17-20(2)37-19)18-28(35)31-23-6-7-27-22(13-23)12-21-4-3-5-25(30(21)39-27)26-14-24(34)15-29(38-26)33-8-10-36-11-9-33/h3*3-7,13-15,19-20H,8-12,16-18H2,1-2H3,(H,31,35)/t19-,20+;2*19-,20-/m.10/s1. The summed E-state index contributed by atoms with van der Waals surface area (Å²) in [6, 6.07) is 46.1. The summed E-state index contributed by atoms with van der Waals surface area (Å²) in [5.41, 5.74) is 12.0. The van der Waals surface area contributed by atoms with Crippen molar-refractivity contribution in [2.75, 3.05) is 168 Å². The fourth-order valence-corrected chi connectivity index (χ4v) is 20.3. The molecule has 3 amide bonds. The minimum atomic E-state index is -0.0714. The molecule has 27 heteroatoms. The van der Waals surface area contributed by atoms with Crippen molar-refractivity contribution < 1.29 is 56.1 Å². The second-order valence-corrected chi connectivity index (χ2v) is 34.6. The van der Waals surface area contributed by atoms with Crippen molar-refractivity contribution in [1.29, 1.82) is 0 Å². The monoisotopic (exact) mass is 1640 g/mol. The smallest absolute Gasteiger partial charge is 0.238 e. The Morgan fingerprint density at radius 3 is 0.872 bits per heavy atom. The minimum Gasteiger partial charge on any atom is -0.440 e. The van der Waals surface area contributed by atoms with Crippen LogP contribution in [0.25, 0.3) is 34.0 Å². The number of fused-ring (bicyclic) bond motifs is 6. The second-order valence-electron chi connectivity index (χ2n) is 31.5. The summed E-state index contributed by atoms with van der Waals surface area (Å²) in [6.45, 7) is 25.8. The van der Waals surface area contributed by atoms with Crippen LogP contribution in [0.15, 0.2) is 203 Å². The molecule has 9 aliphatic rings. The third-order valence-electron chi connectivity index (χ3n) is 21.7. The fourth-order valence-electron chi connectivity index (χ4n) is 16.8. The maximum absolute atomic E-state index is 12.8. The van der Waals surface area contributed by atoms with Crippen LogP contribution in [0.1, 0.15) is 74.9 Å². The molecule has 612 valence electrons. The maximum Gasteiger partial charge on any atom is 0.238 e. The minimum absolute atomic E-state index is 0.0161. The Morgan fingerprint density at radius 1 is 0.342 bits per heavy atom. The zero-order valence-corrected chi connectivity index (χ0v) is 69.3. The van der Waals surface area contributed by atoms with Gasteiger partial charge in [0.05, 0.1) is 95.9 Å². The molecule has 0 saturated carbocycles. The molecule has 9 aromatic rings. The number of benzene rings is 6. The Hall–Kier alpha value is -9.33. The normalized spacial score (nSPS) is 21.2. The number of carbonyl (C=O) groups is 3. The lowest BCUT2D eigenvalue weighted by atomic mass is 10.00. The molecule has 0 aliphatic carbocycles. The van der Waals surface area contributed by atoms with Gasteiger partial charge in [-0.2, -0.15) is 0 Å². The van der Waals surface area contributed by atoms with Gasteiger partial charge in [0.2, 0.25) is 17.7 Å². The van der Waals surface area contributed by atoms with Gasteiger partial charge in [-0.1, -0.05) is 89.9 Å². The lowest BCUT2D eigenvalue weighted by Gasteiger charge is -2.34. The number of amides is 3. The van der Waals surface area contributed by atoms with Crippen molar-refractivity contribution in [2.45, 2.75) is 127 Å². The van der Waals surface area contributed by atoms with Gasteiger partial charge in [-0.15, -0.1) is 0 Å². The molecule has 6 aromatic carbocycles. The highest BCUT2D eigenvalue weighted by molar-refractivity contribution is 8.00. The first-order chi connectivity index (χ1) is 56.7. The highest BCUT2D eigenvalue weighted by Crippen LogP contribution is 2.49. The molecule has 6 fully saturated rings. The van der Waals surface area contributed by atoms with E-state index in [1.54, 1.807) is 71.7 Å². The van der Waals surface area contributed by atoms with Crippen LogP contribution >= 0.6 is 35.3 Å². The van der Waals surface area contributed by atoms with E-state index in [2.05, 4.69) is 99.9 Å². The number of nitrogens with zero attached hydrogens (tertiary/aromatic N) is 6. The van der Waals surface area contributed by atoms with Gasteiger partial charge in [-0.05, 0) is 149 Å². The van der Waals surface area contributed by atoms with Crippen molar-refractivity contribution in [3.63, 3.8) is 0 Å². The van der Waals surface area contributed by atoms with Crippen molar-refractivity contribution in [1.82, 2.24) is 14.7 Å². The van der Waals surface area contributed by atoms with Crippen LogP contribution < -0.4 is 46.9 Å². The lowest BCUT2D eigenvalue weighted by Crippen LogP contribution is -2.48. The first kappa shape index (κ1) is 81.4. The van der Waals surface area contributed by atoms with Crippen LogP contribution in [-0.2, 0) is 62.1 Å². The molecule has 6 saturated heterocycles. The Labute approximate surface area is 693 Å². The van der Waals surface area contributed by atoms with E-state index in [1.165, 1.54) is 33.4 Å². The molecule has 3 aromatic heterocycles. The number of hydrogen-bond acceptors (Lipinski definition) is 24. The largest absolute Gasteiger partial charge is 0.440 e. The molecule has 0 unspecified atom stereocenters. The van der Waals surface area contributed by atoms with Crippen molar-refractivity contribution >= 4 is 87.7 Å². The van der Waals surface area contributed by atoms with Gasteiger partial charge in [0.25, 0.3) is 0 Å². The summed E-state index contributed by atoms with van der Waals surface area (Å²) >= 11 is 5.03. The number of carbonyl (C=O) groups excluding carboxylic acids is 3. The summed E-state index contributed by atoms with van der Waals surface area (Å²) in [5, 5.41) is 9.24. The zero-order chi connectivity index (χ0) is 80.8. The predicted molar refractivity (Wildman–Crippen MR) is 456 cm³/mol. The van der Waals surface area contributed by atoms with Crippen molar-refractivity contribution in [3.05, 3.63) is 210 Å². The van der Waals surface area contributed by atoms with Crippen LogP contribution in [0, 0.1) is 0 Å². The van der Waals surface area contributed by atoms with Crippen LogP contribution in [0.3, 0.4) is 0 Å². The summed E-state index contributed by atoms with van der Waals surface area (Å²) in [6.07, 6.45) is 2.97. The topological polar surface area (TPSA) is 253 Å². The average molecular weight is 1640 g/mol. The fraction of sp³-hybridized carbons (Fsp3) is 0.400. The SMILES string of the molecule is C[C@@H]1CN(CC(=O)Nc2ccc3c(c2)Cc2cccc(-c4cc(=O)cc(N5CCOCC5)o4)c2S3)C[C@@H](C)O1.C[C@@H]1CN(CC(=O)Nc2ccc3c(c2)Cc2cccc(-c4cc(=O)cc(N5CCOCC5)o4)c2S3)C[C@H](C)O1.C[C@H]1CN(CC(=O)Nc2ccc3c(c2)Cc2cccc(-c4cc(=O)cc(N5CCOCC5)o4)c2S3)C[C@H](C)O1. The molecule has 0 radical (unpaired) electrons. The van der Waals surface area contributed by atoms with Crippen molar-refractivity contribution in [2.24, 2.45) is 0 Å². The molecule has 3 N–H and O–H groups in total. The molecule has 18 rings (SSSR count). The molecule has 0 bridgehead atoms. The van der Waals surface area contributed by atoms with E-state index in [4.69, 9.17) is 41.7 Å².